The van der Waals surface area contributed by atoms with Crippen molar-refractivity contribution in [3.05, 3.63) is 29.8 Å². The number of nitrogens with zero attached hydrogens (tertiary/aromatic N) is 1. The van der Waals surface area contributed by atoms with Crippen molar-refractivity contribution in [3.63, 3.8) is 0 Å². The van der Waals surface area contributed by atoms with Crippen molar-refractivity contribution in [1.82, 2.24) is 9.62 Å². The number of piperidine rings is 1. The number of benzene rings is 1. The van der Waals surface area contributed by atoms with Gasteiger partial charge in [-0.05, 0) is 75.3 Å². The lowest BCUT2D eigenvalue weighted by atomic mass is 9.82. The fourth-order valence-corrected chi connectivity index (χ4v) is 6.42. The van der Waals surface area contributed by atoms with E-state index in [9.17, 15) is 13.2 Å². The van der Waals surface area contributed by atoms with Crippen LogP contribution in [0.15, 0.2) is 24.3 Å². The Labute approximate surface area is 198 Å². The van der Waals surface area contributed by atoms with Crippen molar-refractivity contribution in [3.8, 4) is 5.75 Å². The summed E-state index contributed by atoms with van der Waals surface area (Å²) in [6.07, 6.45) is 10.0. The minimum Gasteiger partial charge on any atom is -0.493 e. The van der Waals surface area contributed by atoms with Gasteiger partial charge in [0.05, 0.1) is 31.6 Å². The van der Waals surface area contributed by atoms with Crippen LogP contribution in [0.2, 0.25) is 0 Å². The van der Waals surface area contributed by atoms with Crippen LogP contribution in [0, 0.1) is 0 Å². The highest BCUT2D eigenvalue weighted by molar-refractivity contribution is 7.88. The van der Waals surface area contributed by atoms with Crippen molar-refractivity contribution in [2.24, 2.45) is 0 Å². The summed E-state index contributed by atoms with van der Waals surface area (Å²) in [6.45, 7) is 1.71. The molecule has 33 heavy (non-hydrogen) atoms. The zero-order valence-electron chi connectivity index (χ0n) is 19.7. The number of carbonyl (C=O) groups excluding carboxylic acids is 1. The standard InChI is InChI=1S/C25H38N2O5S/c1-33(29,30)26-22-9-7-16-27-23(22)18-32-20-14-12-19(13-15-20)21-8-4-5-10-24(21)31-17-6-2-3-11-25(27)28/h4-5,8,10,19-20,22-23,26H,2-3,6-7,9,11-18H2,1H3/t19?,20?,22-,23?/m0/s1. The van der Waals surface area contributed by atoms with Crippen LogP contribution in [0.5, 0.6) is 5.75 Å². The fraction of sp³-hybridized carbons (Fsp3) is 0.720. The van der Waals surface area contributed by atoms with E-state index in [0.29, 0.717) is 32.1 Å². The van der Waals surface area contributed by atoms with Gasteiger partial charge in [0.15, 0.2) is 0 Å². The van der Waals surface area contributed by atoms with Crippen molar-refractivity contribution in [2.45, 2.75) is 88.3 Å². The molecule has 1 amide bonds. The number of para-hydroxylation sites is 1. The van der Waals surface area contributed by atoms with Crippen LogP contribution in [0.1, 0.15) is 75.7 Å². The Morgan fingerprint density at radius 3 is 2.58 bits per heavy atom. The summed E-state index contributed by atoms with van der Waals surface area (Å²) in [4.78, 5) is 15.0. The van der Waals surface area contributed by atoms with E-state index in [2.05, 4.69) is 22.9 Å². The third-order valence-corrected chi connectivity index (χ3v) is 8.02. The SMILES string of the molecule is CS(=O)(=O)N[C@H]1CCCN2C(=O)CCCCCOc3ccccc3C3CCC(CC3)OCC12. The van der Waals surface area contributed by atoms with Crippen molar-refractivity contribution in [1.29, 1.82) is 0 Å². The molecule has 5 rings (SSSR count). The molecule has 1 saturated carbocycles. The summed E-state index contributed by atoms with van der Waals surface area (Å²) in [5, 5.41) is 0. The molecule has 3 heterocycles. The predicted molar refractivity (Wildman–Crippen MR) is 128 cm³/mol. The molecule has 0 spiro atoms. The predicted octanol–water partition coefficient (Wildman–Crippen LogP) is 3.59. The largest absolute Gasteiger partial charge is 0.493 e. The number of rotatable bonds is 2. The fourth-order valence-electron chi connectivity index (χ4n) is 5.59. The van der Waals surface area contributed by atoms with Gasteiger partial charge < -0.3 is 14.4 Å². The van der Waals surface area contributed by atoms with Crippen molar-refractivity contribution in [2.75, 3.05) is 26.0 Å². The lowest BCUT2D eigenvalue weighted by molar-refractivity contribution is -0.138. The molecule has 1 unspecified atom stereocenters. The molecule has 8 heteroatoms. The third-order valence-electron chi connectivity index (χ3n) is 7.29. The molecule has 2 atom stereocenters. The molecule has 1 aromatic rings. The molecule has 1 N–H and O–H groups in total. The van der Waals surface area contributed by atoms with Gasteiger partial charge in [-0.3, -0.25) is 4.79 Å². The van der Waals surface area contributed by atoms with E-state index in [1.54, 1.807) is 0 Å². The second kappa shape index (κ2) is 11.2. The van der Waals surface area contributed by atoms with Gasteiger partial charge in [-0.2, -0.15) is 0 Å². The average Bonchev–Trinajstić information content (AvgIpc) is 2.79. The molecule has 1 saturated heterocycles. The smallest absolute Gasteiger partial charge is 0.222 e. The number of nitrogens with one attached hydrogen (secondary N) is 1. The molecule has 2 fully saturated rings. The van der Waals surface area contributed by atoms with Gasteiger partial charge in [0.2, 0.25) is 15.9 Å². The number of carbonyl (C=O) groups is 1. The average molecular weight is 479 g/mol. The topological polar surface area (TPSA) is 84.9 Å². The van der Waals surface area contributed by atoms with Crippen LogP contribution >= 0.6 is 0 Å². The zero-order valence-corrected chi connectivity index (χ0v) is 20.5. The van der Waals surface area contributed by atoms with Crippen LogP contribution < -0.4 is 9.46 Å². The Morgan fingerprint density at radius 2 is 1.79 bits per heavy atom. The van der Waals surface area contributed by atoms with E-state index in [0.717, 1.165) is 63.5 Å². The van der Waals surface area contributed by atoms with Crippen LogP contribution in [-0.4, -0.2) is 63.4 Å². The first-order valence-electron chi connectivity index (χ1n) is 12.5. The van der Waals surface area contributed by atoms with Gasteiger partial charge in [0.1, 0.15) is 5.75 Å². The Kier molecular flexibility index (Phi) is 8.30. The normalized spacial score (nSPS) is 30.1. The van der Waals surface area contributed by atoms with Gasteiger partial charge in [0.25, 0.3) is 0 Å². The quantitative estimate of drug-likeness (QED) is 0.702. The maximum atomic E-state index is 13.1. The monoisotopic (exact) mass is 478 g/mol. The summed E-state index contributed by atoms with van der Waals surface area (Å²) in [5.74, 6) is 1.57. The van der Waals surface area contributed by atoms with Crippen molar-refractivity contribution >= 4 is 15.9 Å². The molecule has 1 aromatic carbocycles. The Morgan fingerprint density at radius 1 is 1.00 bits per heavy atom. The molecule has 3 aliphatic heterocycles. The maximum Gasteiger partial charge on any atom is 0.222 e. The van der Waals surface area contributed by atoms with Gasteiger partial charge in [-0.25, -0.2) is 13.1 Å². The molecular formula is C25H38N2O5S. The summed E-state index contributed by atoms with van der Waals surface area (Å²) >= 11 is 0. The Bertz CT molecular complexity index is 898. The lowest BCUT2D eigenvalue weighted by Gasteiger charge is -2.42. The molecule has 4 aliphatic rings. The van der Waals surface area contributed by atoms with E-state index in [1.165, 1.54) is 11.8 Å². The first-order chi connectivity index (χ1) is 15.9. The summed E-state index contributed by atoms with van der Waals surface area (Å²) < 4.78 is 39.2. The summed E-state index contributed by atoms with van der Waals surface area (Å²) in [7, 11) is -3.36. The van der Waals surface area contributed by atoms with E-state index in [-0.39, 0.29) is 24.1 Å². The highest BCUT2D eigenvalue weighted by atomic mass is 32.2. The van der Waals surface area contributed by atoms with Crippen LogP contribution in [0.4, 0.5) is 0 Å². The Balaban J connectivity index is 1.50. The van der Waals surface area contributed by atoms with E-state index in [4.69, 9.17) is 9.47 Å². The number of fused-ring (bicyclic) bond motifs is 9. The lowest BCUT2D eigenvalue weighted by Crippen LogP contribution is -2.59. The van der Waals surface area contributed by atoms with Gasteiger partial charge in [0, 0.05) is 19.0 Å². The van der Waals surface area contributed by atoms with Gasteiger partial charge in [-0.1, -0.05) is 18.2 Å². The Hall–Kier alpha value is -1.64. The number of amides is 1. The summed E-state index contributed by atoms with van der Waals surface area (Å²) in [6, 6.07) is 7.84. The molecule has 1 aliphatic carbocycles. The first-order valence-corrected chi connectivity index (χ1v) is 14.4. The van der Waals surface area contributed by atoms with E-state index < -0.39 is 10.0 Å². The van der Waals surface area contributed by atoms with Crippen molar-refractivity contribution < 1.29 is 22.7 Å². The molecule has 184 valence electrons. The summed E-state index contributed by atoms with van der Waals surface area (Å²) in [5.41, 5.74) is 1.30. The maximum absolute atomic E-state index is 13.1. The molecule has 0 radical (unpaired) electrons. The zero-order chi connectivity index (χ0) is 23.3. The van der Waals surface area contributed by atoms with E-state index >= 15 is 0 Å². The molecule has 0 aromatic heterocycles. The third kappa shape index (κ3) is 6.70. The van der Waals surface area contributed by atoms with Gasteiger partial charge in [-0.15, -0.1) is 0 Å². The molecule has 2 bridgehead atoms. The minimum atomic E-state index is -3.36. The highest BCUT2D eigenvalue weighted by Gasteiger charge is 2.36. The number of sulfonamides is 1. The van der Waals surface area contributed by atoms with Crippen LogP contribution in [-0.2, 0) is 19.6 Å². The number of ether oxygens (including phenoxy) is 2. The molecular weight excluding hydrogens is 440 g/mol. The number of hydrogen-bond donors (Lipinski definition) is 1. The second-order valence-electron chi connectivity index (χ2n) is 9.80. The van der Waals surface area contributed by atoms with Crippen LogP contribution in [0.3, 0.4) is 0 Å². The second-order valence-corrected chi connectivity index (χ2v) is 11.6. The minimum absolute atomic E-state index is 0.0999. The van der Waals surface area contributed by atoms with E-state index in [1.807, 2.05) is 11.0 Å². The highest BCUT2D eigenvalue weighted by Crippen LogP contribution is 2.38. The number of hydrogen-bond acceptors (Lipinski definition) is 5. The van der Waals surface area contributed by atoms with Crippen LogP contribution in [0.25, 0.3) is 0 Å². The van der Waals surface area contributed by atoms with Gasteiger partial charge >= 0.3 is 0 Å². The molecule has 7 nitrogen and oxygen atoms in total. The first kappa shape index (κ1) is 24.5.